The van der Waals surface area contributed by atoms with Gasteiger partial charge in [-0.2, -0.15) is 0 Å². The monoisotopic (exact) mass is 427 g/mol. The Morgan fingerprint density at radius 2 is 1.84 bits per heavy atom. The third-order valence-electron chi connectivity index (χ3n) is 5.74. The van der Waals surface area contributed by atoms with Crippen LogP contribution in [0.3, 0.4) is 0 Å². The number of allylic oxidation sites excluding steroid dienone is 1. The van der Waals surface area contributed by atoms with Gasteiger partial charge in [0.05, 0.1) is 11.0 Å². The molecule has 1 aliphatic carbocycles. The van der Waals surface area contributed by atoms with Crippen LogP contribution in [0.1, 0.15) is 39.6 Å². The first kappa shape index (κ1) is 19.6. The highest BCUT2D eigenvalue weighted by Crippen LogP contribution is 2.31. The van der Waals surface area contributed by atoms with Crippen LogP contribution in [-0.2, 0) is 6.54 Å². The number of benzene rings is 3. The number of rotatable bonds is 6. The Balaban J connectivity index is 1.36. The minimum atomic E-state index is -0.168. The summed E-state index contributed by atoms with van der Waals surface area (Å²) in [6.45, 7) is 1.14. The first-order valence-corrected chi connectivity index (χ1v) is 10.8. The highest BCUT2D eigenvalue weighted by Gasteiger charge is 2.20. The molecule has 154 valence electrons. The SMILES string of the molecule is O=C(NCCC1C=Cc2ccccc21)c1nc2ccc(Cl)cc2n1Cc1ccccc1. The smallest absolute Gasteiger partial charge is 0.287 e. The molecule has 3 aromatic carbocycles. The average Bonchev–Trinajstić information content (AvgIpc) is 3.36. The Bertz CT molecular complexity index is 1280. The Morgan fingerprint density at radius 3 is 2.71 bits per heavy atom. The number of imidazole rings is 1. The van der Waals surface area contributed by atoms with E-state index in [0.29, 0.717) is 29.9 Å². The zero-order valence-corrected chi connectivity index (χ0v) is 17.7. The summed E-state index contributed by atoms with van der Waals surface area (Å²) in [5.41, 5.74) is 5.30. The van der Waals surface area contributed by atoms with Crippen molar-refractivity contribution in [2.75, 3.05) is 6.54 Å². The Labute approximate surface area is 186 Å². The number of hydrogen-bond donors (Lipinski definition) is 1. The third-order valence-corrected chi connectivity index (χ3v) is 5.98. The molecule has 5 heteroatoms. The molecule has 1 heterocycles. The molecule has 4 aromatic rings. The molecule has 1 N–H and O–H groups in total. The van der Waals surface area contributed by atoms with Gasteiger partial charge in [-0.05, 0) is 41.3 Å². The summed E-state index contributed by atoms with van der Waals surface area (Å²) in [4.78, 5) is 17.7. The van der Waals surface area contributed by atoms with Gasteiger partial charge in [0.15, 0.2) is 5.82 Å². The van der Waals surface area contributed by atoms with Crippen LogP contribution in [0.5, 0.6) is 0 Å². The van der Waals surface area contributed by atoms with Crippen LogP contribution in [0.2, 0.25) is 5.02 Å². The quantitative estimate of drug-likeness (QED) is 0.431. The van der Waals surface area contributed by atoms with Crippen LogP contribution in [-0.4, -0.2) is 22.0 Å². The molecule has 31 heavy (non-hydrogen) atoms. The number of amides is 1. The van der Waals surface area contributed by atoms with E-state index >= 15 is 0 Å². The van der Waals surface area contributed by atoms with E-state index in [2.05, 4.69) is 46.7 Å². The predicted octanol–water partition coefficient (Wildman–Crippen LogP) is 5.67. The van der Waals surface area contributed by atoms with E-state index in [9.17, 15) is 4.79 Å². The molecule has 0 spiro atoms. The van der Waals surface area contributed by atoms with E-state index in [0.717, 1.165) is 23.0 Å². The number of aromatic nitrogens is 2. The lowest BCUT2D eigenvalue weighted by Gasteiger charge is -2.13. The van der Waals surface area contributed by atoms with Gasteiger partial charge in [-0.25, -0.2) is 4.98 Å². The van der Waals surface area contributed by atoms with Gasteiger partial charge in [0, 0.05) is 24.0 Å². The number of fused-ring (bicyclic) bond motifs is 2. The van der Waals surface area contributed by atoms with E-state index in [1.54, 1.807) is 6.07 Å². The van der Waals surface area contributed by atoms with Crippen LogP contribution >= 0.6 is 11.6 Å². The van der Waals surface area contributed by atoms with Crippen molar-refractivity contribution < 1.29 is 4.79 Å². The standard InChI is InChI=1S/C26H22ClN3O/c27-21-12-13-23-24(16-21)30(17-18-6-2-1-3-7-18)25(29-23)26(31)28-15-14-20-11-10-19-8-4-5-9-22(19)20/h1-13,16,20H,14-15,17H2,(H,28,31). The van der Waals surface area contributed by atoms with E-state index in [-0.39, 0.29) is 5.91 Å². The van der Waals surface area contributed by atoms with Crippen molar-refractivity contribution in [3.63, 3.8) is 0 Å². The van der Waals surface area contributed by atoms with Crippen LogP contribution in [0.15, 0.2) is 78.9 Å². The van der Waals surface area contributed by atoms with Gasteiger partial charge in [0.25, 0.3) is 5.91 Å². The largest absolute Gasteiger partial charge is 0.349 e. The number of carbonyl (C=O) groups is 1. The molecule has 4 nitrogen and oxygen atoms in total. The van der Waals surface area contributed by atoms with Crippen molar-refractivity contribution in [2.24, 2.45) is 0 Å². The van der Waals surface area contributed by atoms with Gasteiger partial charge >= 0.3 is 0 Å². The summed E-state index contributed by atoms with van der Waals surface area (Å²) in [7, 11) is 0. The third kappa shape index (κ3) is 3.99. The van der Waals surface area contributed by atoms with Crippen molar-refractivity contribution in [3.8, 4) is 0 Å². The zero-order valence-electron chi connectivity index (χ0n) is 17.0. The van der Waals surface area contributed by atoms with Crippen molar-refractivity contribution in [3.05, 3.63) is 106 Å². The molecule has 1 amide bonds. The molecule has 1 unspecified atom stereocenters. The minimum absolute atomic E-state index is 0.168. The molecule has 0 aliphatic heterocycles. The van der Waals surface area contributed by atoms with Crippen LogP contribution in [0.4, 0.5) is 0 Å². The summed E-state index contributed by atoms with van der Waals surface area (Å²) in [6, 6.07) is 24.0. The van der Waals surface area contributed by atoms with Crippen molar-refractivity contribution in [1.82, 2.24) is 14.9 Å². The first-order valence-electron chi connectivity index (χ1n) is 10.4. The molecule has 0 bridgehead atoms. The van der Waals surface area contributed by atoms with Gasteiger partial charge in [0.1, 0.15) is 0 Å². The fourth-order valence-electron chi connectivity index (χ4n) is 4.19. The fraction of sp³-hybridized carbons (Fsp3) is 0.154. The topological polar surface area (TPSA) is 46.9 Å². The zero-order chi connectivity index (χ0) is 21.2. The Morgan fingerprint density at radius 1 is 1.03 bits per heavy atom. The van der Waals surface area contributed by atoms with E-state index in [1.807, 2.05) is 47.0 Å². The van der Waals surface area contributed by atoms with Crippen LogP contribution in [0.25, 0.3) is 17.1 Å². The number of hydrogen-bond acceptors (Lipinski definition) is 2. The van der Waals surface area contributed by atoms with E-state index in [1.165, 1.54) is 11.1 Å². The van der Waals surface area contributed by atoms with Gasteiger partial charge < -0.3 is 9.88 Å². The maximum absolute atomic E-state index is 13.1. The van der Waals surface area contributed by atoms with Crippen molar-refractivity contribution >= 4 is 34.6 Å². The number of nitrogens with zero attached hydrogens (tertiary/aromatic N) is 2. The van der Waals surface area contributed by atoms with Crippen molar-refractivity contribution in [1.29, 1.82) is 0 Å². The maximum atomic E-state index is 13.1. The van der Waals surface area contributed by atoms with Crippen molar-refractivity contribution in [2.45, 2.75) is 18.9 Å². The van der Waals surface area contributed by atoms with Crippen LogP contribution in [0, 0.1) is 0 Å². The molecule has 0 radical (unpaired) electrons. The highest BCUT2D eigenvalue weighted by molar-refractivity contribution is 6.31. The number of carbonyl (C=O) groups excluding carboxylic acids is 1. The summed E-state index contributed by atoms with van der Waals surface area (Å²) < 4.78 is 1.94. The molecule has 1 aromatic heterocycles. The lowest BCUT2D eigenvalue weighted by molar-refractivity contribution is 0.0939. The second-order valence-electron chi connectivity index (χ2n) is 7.78. The van der Waals surface area contributed by atoms with Gasteiger partial charge in [-0.3, -0.25) is 4.79 Å². The second kappa shape index (κ2) is 8.40. The highest BCUT2D eigenvalue weighted by atomic mass is 35.5. The average molecular weight is 428 g/mol. The molecule has 0 saturated heterocycles. The molecule has 1 aliphatic rings. The van der Waals surface area contributed by atoms with Gasteiger partial charge in [-0.15, -0.1) is 0 Å². The lowest BCUT2D eigenvalue weighted by Crippen LogP contribution is -2.28. The second-order valence-corrected chi connectivity index (χ2v) is 8.22. The normalized spacial score (nSPS) is 14.7. The molecule has 5 rings (SSSR count). The fourth-order valence-corrected chi connectivity index (χ4v) is 4.36. The van der Waals surface area contributed by atoms with E-state index in [4.69, 9.17) is 11.6 Å². The first-order chi connectivity index (χ1) is 15.2. The minimum Gasteiger partial charge on any atom is -0.349 e. The van der Waals surface area contributed by atoms with E-state index < -0.39 is 0 Å². The van der Waals surface area contributed by atoms with Crippen LogP contribution < -0.4 is 5.32 Å². The van der Waals surface area contributed by atoms with Gasteiger partial charge in [0.2, 0.25) is 0 Å². The molecule has 1 atom stereocenters. The molecule has 0 saturated carbocycles. The summed E-state index contributed by atoms with van der Waals surface area (Å²) >= 11 is 6.23. The van der Waals surface area contributed by atoms with Gasteiger partial charge in [-0.1, -0.05) is 78.4 Å². The molecular formula is C26H22ClN3O. The Hall–Kier alpha value is -3.37. The number of nitrogens with one attached hydrogen (secondary N) is 1. The summed E-state index contributed by atoms with van der Waals surface area (Å²) in [6.07, 6.45) is 5.22. The number of halogens is 1. The summed E-state index contributed by atoms with van der Waals surface area (Å²) in [5.74, 6) is 0.570. The molecule has 0 fully saturated rings. The lowest BCUT2D eigenvalue weighted by atomic mass is 9.98. The maximum Gasteiger partial charge on any atom is 0.287 e. The summed E-state index contributed by atoms with van der Waals surface area (Å²) in [5, 5.41) is 3.69. The Kier molecular flexibility index (Phi) is 5.31. The predicted molar refractivity (Wildman–Crippen MR) is 125 cm³/mol. The molecular weight excluding hydrogens is 406 g/mol.